The molecule has 2 nitrogen and oxygen atoms in total. The molecule has 2 aromatic rings. The fourth-order valence-electron chi connectivity index (χ4n) is 3.11. The van der Waals surface area contributed by atoms with Crippen molar-refractivity contribution in [3.8, 4) is 0 Å². The molecule has 2 aromatic carbocycles. The Morgan fingerprint density at radius 1 is 1.10 bits per heavy atom. The number of aryl methyl sites for hydroxylation is 1. The third-order valence-corrected chi connectivity index (χ3v) is 4.25. The lowest BCUT2D eigenvalue weighted by atomic mass is 9.79. The number of fused-ring (bicyclic) bond motifs is 1. The Labute approximate surface area is 119 Å². The highest BCUT2D eigenvalue weighted by Gasteiger charge is 2.21. The predicted molar refractivity (Wildman–Crippen MR) is 81.7 cm³/mol. The second-order valence-corrected chi connectivity index (χ2v) is 5.45. The smallest absolute Gasteiger partial charge is 0.0836 e. The number of oxime groups is 1. The summed E-state index contributed by atoms with van der Waals surface area (Å²) < 4.78 is 0. The van der Waals surface area contributed by atoms with Crippen LogP contribution in [-0.2, 0) is 6.42 Å². The molecule has 1 aliphatic rings. The SMILES string of the molecule is C/C(=N\O)c1ccc(C2CCCc3ccccc32)cc1. The standard InChI is InChI=1S/C18H19NO/c1-13(19-20)14-9-11-16(12-10-14)18-8-4-6-15-5-2-3-7-17(15)18/h2-3,5,7,9-12,18,20H,4,6,8H2,1H3/b19-13+. The molecule has 0 bridgehead atoms. The van der Waals surface area contributed by atoms with E-state index in [1.54, 1.807) is 0 Å². The molecule has 1 aliphatic carbocycles. The Morgan fingerprint density at radius 2 is 1.85 bits per heavy atom. The minimum absolute atomic E-state index is 0.500. The highest BCUT2D eigenvalue weighted by atomic mass is 16.4. The van der Waals surface area contributed by atoms with Crippen LogP contribution in [0.1, 0.15) is 47.9 Å². The fraction of sp³-hybridized carbons (Fsp3) is 0.278. The Balaban J connectivity index is 1.95. The summed E-state index contributed by atoms with van der Waals surface area (Å²) in [5, 5.41) is 12.1. The number of hydrogen-bond acceptors (Lipinski definition) is 2. The van der Waals surface area contributed by atoms with Gasteiger partial charge in [-0.25, -0.2) is 0 Å². The molecule has 0 amide bonds. The van der Waals surface area contributed by atoms with Crippen LogP contribution in [0.2, 0.25) is 0 Å². The Kier molecular flexibility index (Phi) is 3.55. The van der Waals surface area contributed by atoms with Gasteiger partial charge in [-0.05, 0) is 48.4 Å². The molecule has 1 unspecified atom stereocenters. The fourth-order valence-corrected chi connectivity index (χ4v) is 3.11. The molecule has 0 aromatic heterocycles. The maximum atomic E-state index is 8.82. The molecule has 1 atom stereocenters. The van der Waals surface area contributed by atoms with Crippen LogP contribution in [0.5, 0.6) is 0 Å². The van der Waals surface area contributed by atoms with Crippen LogP contribution in [-0.4, -0.2) is 10.9 Å². The molecule has 0 spiro atoms. The summed E-state index contributed by atoms with van der Waals surface area (Å²) in [6.45, 7) is 1.81. The quantitative estimate of drug-likeness (QED) is 0.488. The van der Waals surface area contributed by atoms with E-state index in [-0.39, 0.29) is 0 Å². The van der Waals surface area contributed by atoms with Gasteiger partial charge in [0.25, 0.3) is 0 Å². The lowest BCUT2D eigenvalue weighted by Crippen LogP contribution is -2.11. The van der Waals surface area contributed by atoms with Gasteiger partial charge in [0.2, 0.25) is 0 Å². The highest BCUT2D eigenvalue weighted by Crippen LogP contribution is 2.36. The first-order chi connectivity index (χ1) is 9.79. The largest absolute Gasteiger partial charge is 0.411 e. The molecule has 0 radical (unpaired) electrons. The van der Waals surface area contributed by atoms with Crippen LogP contribution in [0, 0.1) is 0 Å². The van der Waals surface area contributed by atoms with E-state index in [1.807, 2.05) is 19.1 Å². The van der Waals surface area contributed by atoms with Crippen molar-refractivity contribution in [2.45, 2.75) is 32.1 Å². The average Bonchev–Trinajstić information content (AvgIpc) is 2.54. The van der Waals surface area contributed by atoms with Gasteiger partial charge < -0.3 is 5.21 Å². The van der Waals surface area contributed by atoms with E-state index in [0.717, 1.165) is 5.56 Å². The second-order valence-electron chi connectivity index (χ2n) is 5.45. The summed E-state index contributed by atoms with van der Waals surface area (Å²) in [7, 11) is 0. The summed E-state index contributed by atoms with van der Waals surface area (Å²) in [4.78, 5) is 0. The van der Waals surface area contributed by atoms with E-state index in [2.05, 4.69) is 41.6 Å². The summed E-state index contributed by atoms with van der Waals surface area (Å²) in [5.41, 5.74) is 5.94. The van der Waals surface area contributed by atoms with Crippen LogP contribution in [0.3, 0.4) is 0 Å². The predicted octanol–water partition coefficient (Wildman–Crippen LogP) is 4.35. The van der Waals surface area contributed by atoms with Crippen LogP contribution < -0.4 is 0 Å². The molecule has 102 valence electrons. The van der Waals surface area contributed by atoms with Crippen molar-refractivity contribution in [1.82, 2.24) is 0 Å². The van der Waals surface area contributed by atoms with Gasteiger partial charge in [0.1, 0.15) is 0 Å². The molecule has 20 heavy (non-hydrogen) atoms. The number of hydrogen-bond donors (Lipinski definition) is 1. The zero-order chi connectivity index (χ0) is 13.9. The van der Waals surface area contributed by atoms with Crippen molar-refractivity contribution in [3.63, 3.8) is 0 Å². The lowest BCUT2D eigenvalue weighted by Gasteiger charge is -2.26. The summed E-state index contributed by atoms with van der Waals surface area (Å²) in [5.74, 6) is 0.500. The summed E-state index contributed by atoms with van der Waals surface area (Å²) >= 11 is 0. The van der Waals surface area contributed by atoms with Gasteiger partial charge in [-0.1, -0.05) is 53.7 Å². The molecule has 2 heteroatoms. The van der Waals surface area contributed by atoms with Crippen molar-refractivity contribution in [3.05, 3.63) is 70.8 Å². The normalized spacial score (nSPS) is 18.6. The first kappa shape index (κ1) is 12.9. The lowest BCUT2D eigenvalue weighted by molar-refractivity contribution is 0.319. The van der Waals surface area contributed by atoms with Crippen molar-refractivity contribution < 1.29 is 5.21 Å². The van der Waals surface area contributed by atoms with Crippen molar-refractivity contribution in [2.75, 3.05) is 0 Å². The Hall–Kier alpha value is -2.09. The molecular formula is C18H19NO. The van der Waals surface area contributed by atoms with Gasteiger partial charge in [0.15, 0.2) is 0 Å². The monoisotopic (exact) mass is 265 g/mol. The molecule has 0 aliphatic heterocycles. The van der Waals surface area contributed by atoms with E-state index >= 15 is 0 Å². The number of rotatable bonds is 2. The van der Waals surface area contributed by atoms with Gasteiger partial charge in [-0.15, -0.1) is 0 Å². The first-order valence-electron chi connectivity index (χ1n) is 7.16. The zero-order valence-corrected chi connectivity index (χ0v) is 11.7. The molecule has 0 saturated heterocycles. The molecule has 0 fully saturated rings. The first-order valence-corrected chi connectivity index (χ1v) is 7.16. The number of benzene rings is 2. The van der Waals surface area contributed by atoms with Crippen LogP contribution in [0.15, 0.2) is 53.7 Å². The van der Waals surface area contributed by atoms with Gasteiger partial charge in [-0.2, -0.15) is 0 Å². The van der Waals surface area contributed by atoms with Crippen molar-refractivity contribution >= 4 is 5.71 Å². The summed E-state index contributed by atoms with van der Waals surface area (Å²) in [6.07, 6.45) is 3.66. The Bertz CT molecular complexity index is 628. The van der Waals surface area contributed by atoms with E-state index in [9.17, 15) is 0 Å². The third kappa shape index (κ3) is 2.34. The molecule has 1 N–H and O–H groups in total. The van der Waals surface area contributed by atoms with Gasteiger partial charge >= 0.3 is 0 Å². The van der Waals surface area contributed by atoms with E-state index in [1.165, 1.54) is 36.0 Å². The zero-order valence-electron chi connectivity index (χ0n) is 11.7. The second kappa shape index (κ2) is 5.49. The molecule has 3 rings (SSSR count). The van der Waals surface area contributed by atoms with E-state index < -0.39 is 0 Å². The van der Waals surface area contributed by atoms with Crippen LogP contribution in [0.4, 0.5) is 0 Å². The van der Waals surface area contributed by atoms with E-state index in [4.69, 9.17) is 5.21 Å². The minimum Gasteiger partial charge on any atom is -0.411 e. The van der Waals surface area contributed by atoms with Gasteiger partial charge in [0.05, 0.1) is 5.71 Å². The molecule has 0 heterocycles. The van der Waals surface area contributed by atoms with Crippen molar-refractivity contribution in [1.29, 1.82) is 0 Å². The average molecular weight is 265 g/mol. The van der Waals surface area contributed by atoms with Gasteiger partial charge in [-0.3, -0.25) is 0 Å². The number of nitrogens with zero attached hydrogens (tertiary/aromatic N) is 1. The third-order valence-electron chi connectivity index (χ3n) is 4.25. The van der Waals surface area contributed by atoms with Gasteiger partial charge in [0, 0.05) is 5.92 Å². The van der Waals surface area contributed by atoms with Crippen LogP contribution in [0.25, 0.3) is 0 Å². The highest BCUT2D eigenvalue weighted by molar-refractivity contribution is 5.98. The minimum atomic E-state index is 0.500. The van der Waals surface area contributed by atoms with E-state index in [0.29, 0.717) is 11.6 Å². The summed E-state index contributed by atoms with van der Waals surface area (Å²) in [6, 6.07) is 17.2. The van der Waals surface area contributed by atoms with Crippen LogP contribution >= 0.6 is 0 Å². The topological polar surface area (TPSA) is 32.6 Å². The maximum Gasteiger partial charge on any atom is 0.0836 e. The molecular weight excluding hydrogens is 246 g/mol. The molecule has 0 saturated carbocycles. The maximum absolute atomic E-state index is 8.82. The Morgan fingerprint density at radius 3 is 2.60 bits per heavy atom. The van der Waals surface area contributed by atoms with Crippen molar-refractivity contribution in [2.24, 2.45) is 5.16 Å².